The van der Waals surface area contributed by atoms with E-state index in [9.17, 15) is 9.59 Å². The van der Waals surface area contributed by atoms with Gasteiger partial charge in [0.05, 0.1) is 14.2 Å². The molecule has 2 rings (SSSR count). The fraction of sp³-hybridized carbons (Fsp3) is 0.481. The predicted octanol–water partition coefficient (Wildman–Crippen LogP) is 4.40. The smallest absolute Gasteiger partial charge is 0.243 e. The zero-order valence-electron chi connectivity index (χ0n) is 20.8. The molecule has 0 aliphatic heterocycles. The standard InChI is InChI=1S/C27H38N2O4/c1-7-22(26(31)28-27(2,3)4)29(18-17-20-11-9-8-10-12-20)25(30)16-14-21-13-15-23(32-5)24(19-21)33-6/h8-13,15,19,22H,7,14,16-18H2,1-6H3,(H,28,31). The third-order valence-electron chi connectivity index (χ3n) is 5.44. The van der Waals surface area contributed by atoms with Gasteiger partial charge < -0.3 is 19.7 Å². The number of carbonyl (C=O) groups excluding carboxylic acids is 2. The Morgan fingerprint density at radius 1 is 0.939 bits per heavy atom. The lowest BCUT2D eigenvalue weighted by Gasteiger charge is -2.33. The van der Waals surface area contributed by atoms with Crippen LogP contribution in [0.5, 0.6) is 11.5 Å². The van der Waals surface area contributed by atoms with E-state index in [1.807, 2.05) is 76.2 Å². The Hall–Kier alpha value is -3.02. The molecule has 1 unspecified atom stereocenters. The first-order valence-electron chi connectivity index (χ1n) is 11.5. The van der Waals surface area contributed by atoms with E-state index in [1.165, 1.54) is 0 Å². The second-order valence-electron chi connectivity index (χ2n) is 9.18. The normalized spacial score (nSPS) is 12.1. The Morgan fingerprint density at radius 2 is 1.61 bits per heavy atom. The number of amides is 2. The van der Waals surface area contributed by atoms with E-state index >= 15 is 0 Å². The molecule has 0 saturated heterocycles. The number of hydrogen-bond donors (Lipinski definition) is 1. The van der Waals surface area contributed by atoms with E-state index in [-0.39, 0.29) is 17.4 Å². The van der Waals surface area contributed by atoms with Crippen molar-refractivity contribution in [2.75, 3.05) is 20.8 Å². The van der Waals surface area contributed by atoms with Crippen LogP contribution in [0.4, 0.5) is 0 Å². The molecule has 1 N–H and O–H groups in total. The Morgan fingerprint density at radius 3 is 2.18 bits per heavy atom. The fourth-order valence-electron chi connectivity index (χ4n) is 3.78. The third-order valence-corrected chi connectivity index (χ3v) is 5.44. The largest absolute Gasteiger partial charge is 0.493 e. The molecule has 2 amide bonds. The average Bonchev–Trinajstić information content (AvgIpc) is 2.79. The molecule has 6 nitrogen and oxygen atoms in total. The summed E-state index contributed by atoms with van der Waals surface area (Å²) in [6.45, 7) is 8.29. The van der Waals surface area contributed by atoms with Crippen molar-refractivity contribution >= 4 is 11.8 Å². The van der Waals surface area contributed by atoms with Gasteiger partial charge in [-0.05, 0) is 63.3 Å². The lowest BCUT2D eigenvalue weighted by Crippen LogP contribution is -2.54. The third kappa shape index (κ3) is 8.12. The second kappa shape index (κ2) is 12.3. The molecule has 0 heterocycles. The first-order chi connectivity index (χ1) is 15.7. The van der Waals surface area contributed by atoms with Crippen LogP contribution in [0.1, 0.15) is 51.7 Å². The maximum Gasteiger partial charge on any atom is 0.243 e. The summed E-state index contributed by atoms with van der Waals surface area (Å²) >= 11 is 0. The minimum absolute atomic E-state index is 0.0309. The predicted molar refractivity (Wildman–Crippen MR) is 132 cm³/mol. The summed E-state index contributed by atoms with van der Waals surface area (Å²) in [5.41, 5.74) is 1.76. The summed E-state index contributed by atoms with van der Waals surface area (Å²) < 4.78 is 10.7. The van der Waals surface area contributed by atoms with Gasteiger partial charge in [0.15, 0.2) is 11.5 Å². The molecule has 0 bridgehead atoms. The lowest BCUT2D eigenvalue weighted by molar-refractivity contribution is -0.141. The highest BCUT2D eigenvalue weighted by Gasteiger charge is 2.30. The van der Waals surface area contributed by atoms with Crippen LogP contribution in [0.25, 0.3) is 0 Å². The molecule has 0 aliphatic carbocycles. The van der Waals surface area contributed by atoms with E-state index < -0.39 is 6.04 Å². The monoisotopic (exact) mass is 454 g/mol. The van der Waals surface area contributed by atoms with Crippen LogP contribution >= 0.6 is 0 Å². The molecule has 0 aliphatic rings. The number of hydrogen-bond acceptors (Lipinski definition) is 4. The molecule has 2 aromatic carbocycles. The number of carbonyl (C=O) groups is 2. The summed E-state index contributed by atoms with van der Waals surface area (Å²) in [4.78, 5) is 28.2. The van der Waals surface area contributed by atoms with E-state index in [2.05, 4.69) is 5.32 Å². The van der Waals surface area contributed by atoms with Crippen molar-refractivity contribution in [1.29, 1.82) is 0 Å². The van der Waals surface area contributed by atoms with Gasteiger partial charge in [-0.3, -0.25) is 9.59 Å². The van der Waals surface area contributed by atoms with Gasteiger partial charge in [0.1, 0.15) is 6.04 Å². The van der Waals surface area contributed by atoms with E-state index in [4.69, 9.17) is 9.47 Å². The van der Waals surface area contributed by atoms with Crippen molar-refractivity contribution in [2.24, 2.45) is 0 Å². The minimum atomic E-state index is -0.508. The number of methoxy groups -OCH3 is 2. The van der Waals surface area contributed by atoms with Gasteiger partial charge in [-0.2, -0.15) is 0 Å². The van der Waals surface area contributed by atoms with Crippen LogP contribution in [0.3, 0.4) is 0 Å². The van der Waals surface area contributed by atoms with Crippen LogP contribution in [0.2, 0.25) is 0 Å². The van der Waals surface area contributed by atoms with Gasteiger partial charge >= 0.3 is 0 Å². The van der Waals surface area contributed by atoms with Crippen LogP contribution < -0.4 is 14.8 Å². The summed E-state index contributed by atoms with van der Waals surface area (Å²) in [7, 11) is 3.19. The van der Waals surface area contributed by atoms with Crippen LogP contribution in [-0.2, 0) is 22.4 Å². The molecule has 180 valence electrons. The van der Waals surface area contributed by atoms with E-state index in [1.54, 1.807) is 19.1 Å². The van der Waals surface area contributed by atoms with Gasteiger partial charge in [0, 0.05) is 18.5 Å². The molecule has 33 heavy (non-hydrogen) atoms. The molecule has 0 radical (unpaired) electrons. The fourth-order valence-corrected chi connectivity index (χ4v) is 3.78. The maximum absolute atomic E-state index is 13.4. The zero-order chi connectivity index (χ0) is 24.4. The number of ether oxygens (including phenoxy) is 2. The van der Waals surface area contributed by atoms with Crippen LogP contribution in [0, 0.1) is 0 Å². The van der Waals surface area contributed by atoms with Gasteiger partial charge in [0.25, 0.3) is 0 Å². The highest BCUT2D eigenvalue weighted by molar-refractivity contribution is 5.88. The number of nitrogens with zero attached hydrogens (tertiary/aromatic N) is 1. The van der Waals surface area contributed by atoms with Crippen molar-refractivity contribution in [2.45, 2.75) is 65.0 Å². The molecule has 0 spiro atoms. The average molecular weight is 455 g/mol. The number of nitrogens with one attached hydrogen (secondary N) is 1. The Kier molecular flexibility index (Phi) is 9.76. The Labute approximate surface area is 198 Å². The summed E-state index contributed by atoms with van der Waals surface area (Å²) in [5.74, 6) is 1.15. The molecule has 0 fully saturated rings. The Bertz CT molecular complexity index is 906. The molecular formula is C27H38N2O4. The molecule has 0 saturated carbocycles. The van der Waals surface area contributed by atoms with E-state index in [0.29, 0.717) is 43.7 Å². The zero-order valence-corrected chi connectivity index (χ0v) is 20.8. The van der Waals surface area contributed by atoms with Crippen molar-refractivity contribution in [1.82, 2.24) is 10.2 Å². The van der Waals surface area contributed by atoms with Gasteiger partial charge in [-0.1, -0.05) is 43.3 Å². The lowest BCUT2D eigenvalue weighted by atomic mass is 10.0. The summed E-state index contributed by atoms with van der Waals surface area (Å²) in [6, 6.07) is 15.2. The first kappa shape index (κ1) is 26.2. The molecule has 6 heteroatoms. The van der Waals surface area contributed by atoms with E-state index in [0.717, 1.165) is 11.1 Å². The number of rotatable bonds is 11. The summed E-state index contributed by atoms with van der Waals surface area (Å²) in [5, 5.41) is 3.04. The molecule has 1 atom stereocenters. The van der Waals surface area contributed by atoms with Crippen molar-refractivity contribution in [3.8, 4) is 11.5 Å². The van der Waals surface area contributed by atoms with Crippen LogP contribution in [0.15, 0.2) is 48.5 Å². The van der Waals surface area contributed by atoms with Crippen molar-refractivity contribution in [3.05, 3.63) is 59.7 Å². The molecule has 0 aromatic heterocycles. The summed E-state index contributed by atoms with van der Waals surface area (Å²) in [6.07, 6.45) is 2.11. The first-order valence-corrected chi connectivity index (χ1v) is 11.5. The maximum atomic E-state index is 13.4. The minimum Gasteiger partial charge on any atom is -0.493 e. The highest BCUT2D eigenvalue weighted by atomic mass is 16.5. The number of aryl methyl sites for hydroxylation is 1. The molecular weight excluding hydrogens is 416 g/mol. The molecule has 2 aromatic rings. The SMILES string of the molecule is CCC(C(=O)NC(C)(C)C)N(CCc1ccccc1)C(=O)CCc1ccc(OC)c(OC)c1. The highest BCUT2D eigenvalue weighted by Crippen LogP contribution is 2.28. The number of benzene rings is 2. The second-order valence-corrected chi connectivity index (χ2v) is 9.18. The van der Waals surface area contributed by atoms with Gasteiger partial charge in [-0.25, -0.2) is 0 Å². The topological polar surface area (TPSA) is 67.9 Å². The van der Waals surface area contributed by atoms with Crippen molar-refractivity contribution < 1.29 is 19.1 Å². The van der Waals surface area contributed by atoms with Gasteiger partial charge in [-0.15, -0.1) is 0 Å². The van der Waals surface area contributed by atoms with Crippen LogP contribution in [-0.4, -0.2) is 49.1 Å². The van der Waals surface area contributed by atoms with Crippen molar-refractivity contribution in [3.63, 3.8) is 0 Å². The van der Waals surface area contributed by atoms with Gasteiger partial charge in [0.2, 0.25) is 11.8 Å². The quantitative estimate of drug-likeness (QED) is 0.546. The Balaban J connectivity index is 2.18.